The maximum atomic E-state index is 13.6. The summed E-state index contributed by atoms with van der Waals surface area (Å²) in [5, 5.41) is 13.6. The van der Waals surface area contributed by atoms with Crippen LogP contribution in [0.1, 0.15) is 30.5 Å². The topological polar surface area (TPSA) is 88.3 Å². The zero-order chi connectivity index (χ0) is 23.1. The predicted molar refractivity (Wildman–Crippen MR) is 127 cm³/mol. The van der Waals surface area contributed by atoms with Crippen LogP contribution in [0.3, 0.4) is 0 Å². The van der Waals surface area contributed by atoms with Crippen LogP contribution >= 0.6 is 11.6 Å². The summed E-state index contributed by atoms with van der Waals surface area (Å²) < 4.78 is 1.52. The lowest BCUT2D eigenvalue weighted by molar-refractivity contribution is -0.133. The number of hydrogen-bond acceptors (Lipinski definition) is 5. The molecule has 1 amide bonds. The van der Waals surface area contributed by atoms with Crippen molar-refractivity contribution in [1.82, 2.24) is 19.4 Å². The van der Waals surface area contributed by atoms with Gasteiger partial charge in [-0.1, -0.05) is 41.9 Å². The van der Waals surface area contributed by atoms with E-state index in [1.165, 1.54) is 17.8 Å². The molecule has 7 nitrogen and oxygen atoms in total. The molecular weight excluding hydrogens is 440 g/mol. The van der Waals surface area contributed by atoms with Crippen LogP contribution in [0.5, 0.6) is 0 Å². The third kappa shape index (κ3) is 3.98. The minimum Gasteiger partial charge on any atom is -0.389 e. The van der Waals surface area contributed by atoms with Crippen molar-refractivity contribution in [2.45, 2.75) is 31.9 Å². The molecule has 0 aliphatic carbocycles. The van der Waals surface area contributed by atoms with Crippen LogP contribution < -0.4 is 5.56 Å². The fourth-order valence-electron chi connectivity index (χ4n) is 4.69. The van der Waals surface area contributed by atoms with Crippen LogP contribution in [0.2, 0.25) is 5.15 Å². The number of β-amino-alcohol motifs (C(OH)–C–C–N with tert-alkyl or cyclic N) is 1. The molecule has 1 N–H and O–H groups in total. The Morgan fingerprint density at radius 2 is 1.94 bits per heavy atom. The average molecular weight is 463 g/mol. The van der Waals surface area contributed by atoms with Gasteiger partial charge in [0, 0.05) is 31.6 Å². The van der Waals surface area contributed by atoms with Crippen molar-refractivity contribution in [3.8, 4) is 0 Å². The first-order valence-corrected chi connectivity index (χ1v) is 11.3. The second-order valence-corrected chi connectivity index (χ2v) is 8.88. The van der Waals surface area contributed by atoms with Gasteiger partial charge in [-0.2, -0.15) is 0 Å². The van der Waals surface area contributed by atoms with Crippen molar-refractivity contribution in [3.05, 3.63) is 81.6 Å². The van der Waals surface area contributed by atoms with Gasteiger partial charge in [-0.3, -0.25) is 14.2 Å². The lowest BCUT2D eigenvalue weighted by Crippen LogP contribution is -2.48. The summed E-state index contributed by atoms with van der Waals surface area (Å²) in [6.07, 6.45) is 3.51. The van der Waals surface area contributed by atoms with Gasteiger partial charge in [0.15, 0.2) is 0 Å². The zero-order valence-electron chi connectivity index (χ0n) is 18.1. The number of aromatic nitrogens is 3. The third-order valence-electron chi connectivity index (χ3n) is 6.41. The third-order valence-corrected chi connectivity index (χ3v) is 6.63. The summed E-state index contributed by atoms with van der Waals surface area (Å²) in [6, 6.07) is 13.1. The molecule has 8 heteroatoms. The average Bonchev–Trinajstić information content (AvgIpc) is 2.81. The van der Waals surface area contributed by atoms with Crippen LogP contribution in [0.25, 0.3) is 21.7 Å². The Hall–Kier alpha value is -3.29. The van der Waals surface area contributed by atoms with Crippen molar-refractivity contribution >= 4 is 39.2 Å². The molecule has 168 valence electrons. The van der Waals surface area contributed by atoms with Crippen LogP contribution in [-0.4, -0.2) is 49.6 Å². The van der Waals surface area contributed by atoms with Gasteiger partial charge in [-0.05, 0) is 41.5 Å². The van der Waals surface area contributed by atoms with Crippen molar-refractivity contribution in [2.24, 2.45) is 0 Å². The number of halogens is 1. The Morgan fingerprint density at radius 3 is 2.64 bits per heavy atom. The normalized spacial score (nSPS) is 18.7. The highest BCUT2D eigenvalue weighted by atomic mass is 35.5. The molecule has 33 heavy (non-hydrogen) atoms. The van der Waals surface area contributed by atoms with E-state index in [1.54, 1.807) is 17.2 Å². The van der Waals surface area contributed by atoms with Crippen molar-refractivity contribution in [2.75, 3.05) is 13.1 Å². The SMILES string of the molecule is CC(=O)N1CC[C@H](n2cnc3c(cc(Cc4ccc(Cl)nc4)c4ccccc43)c2=O)[C@@H](O)C1. The molecule has 1 aliphatic rings. The monoisotopic (exact) mass is 462 g/mol. The van der Waals surface area contributed by atoms with Gasteiger partial charge in [-0.15, -0.1) is 0 Å². The molecular formula is C25H23ClN4O3. The summed E-state index contributed by atoms with van der Waals surface area (Å²) in [7, 11) is 0. The highest BCUT2D eigenvalue weighted by Gasteiger charge is 2.31. The Bertz CT molecular complexity index is 1420. The van der Waals surface area contributed by atoms with E-state index >= 15 is 0 Å². The first kappa shape index (κ1) is 21.6. The summed E-state index contributed by atoms with van der Waals surface area (Å²) in [5.74, 6) is -0.0794. The second-order valence-electron chi connectivity index (χ2n) is 8.49. The molecule has 2 aromatic heterocycles. The Labute approximate surface area is 195 Å². The van der Waals surface area contributed by atoms with Crippen LogP contribution in [0, 0.1) is 0 Å². The summed E-state index contributed by atoms with van der Waals surface area (Å²) in [5.41, 5.74) is 2.42. The molecule has 2 atom stereocenters. The number of benzene rings is 2. The van der Waals surface area contributed by atoms with E-state index < -0.39 is 12.1 Å². The number of rotatable bonds is 3. The molecule has 2 aromatic carbocycles. The van der Waals surface area contributed by atoms with Gasteiger partial charge in [0.2, 0.25) is 5.91 Å². The molecule has 4 aromatic rings. The molecule has 5 rings (SSSR count). The lowest BCUT2D eigenvalue weighted by atomic mass is 9.96. The Kier molecular flexibility index (Phi) is 5.60. The highest BCUT2D eigenvalue weighted by Crippen LogP contribution is 2.29. The maximum absolute atomic E-state index is 13.6. The quantitative estimate of drug-likeness (QED) is 0.372. The molecule has 1 fully saturated rings. The number of amides is 1. The number of nitrogens with zero attached hydrogens (tertiary/aromatic N) is 4. The maximum Gasteiger partial charge on any atom is 0.261 e. The van der Waals surface area contributed by atoms with E-state index in [2.05, 4.69) is 9.97 Å². The largest absolute Gasteiger partial charge is 0.389 e. The fraction of sp³-hybridized carbons (Fsp3) is 0.280. The Balaban J connectivity index is 1.62. The number of hydrogen-bond donors (Lipinski definition) is 1. The van der Waals surface area contributed by atoms with E-state index in [9.17, 15) is 14.7 Å². The number of carbonyl (C=O) groups excluding carboxylic acids is 1. The van der Waals surface area contributed by atoms with Gasteiger partial charge < -0.3 is 10.0 Å². The number of piperidine rings is 1. The first-order chi connectivity index (χ1) is 15.9. The van der Waals surface area contributed by atoms with Gasteiger partial charge in [0.05, 0.1) is 29.4 Å². The predicted octanol–water partition coefficient (Wildman–Crippen LogP) is 3.34. The van der Waals surface area contributed by atoms with Gasteiger partial charge in [0.25, 0.3) is 5.56 Å². The first-order valence-electron chi connectivity index (χ1n) is 10.9. The van der Waals surface area contributed by atoms with Crippen molar-refractivity contribution in [3.63, 3.8) is 0 Å². The molecule has 0 unspecified atom stereocenters. The fourth-order valence-corrected chi connectivity index (χ4v) is 4.80. The number of fused-ring (bicyclic) bond motifs is 3. The summed E-state index contributed by atoms with van der Waals surface area (Å²) in [4.78, 5) is 35.7. The number of carbonyl (C=O) groups is 1. The van der Waals surface area contributed by atoms with Gasteiger partial charge in [-0.25, -0.2) is 9.97 Å². The molecule has 3 heterocycles. The molecule has 0 spiro atoms. The zero-order valence-corrected chi connectivity index (χ0v) is 18.9. The van der Waals surface area contributed by atoms with E-state index in [0.29, 0.717) is 35.4 Å². The minimum absolute atomic E-state index is 0.0794. The van der Waals surface area contributed by atoms with Gasteiger partial charge in [0.1, 0.15) is 5.15 Å². The van der Waals surface area contributed by atoms with Gasteiger partial charge >= 0.3 is 0 Å². The number of aliphatic hydroxyl groups excluding tert-OH is 1. The molecule has 1 aliphatic heterocycles. The van der Waals surface area contributed by atoms with Crippen molar-refractivity contribution in [1.29, 1.82) is 0 Å². The smallest absolute Gasteiger partial charge is 0.261 e. The number of likely N-dealkylation sites (tertiary alicyclic amines) is 1. The van der Waals surface area contributed by atoms with E-state index in [-0.39, 0.29) is 18.0 Å². The van der Waals surface area contributed by atoms with E-state index in [1.807, 2.05) is 36.4 Å². The van der Waals surface area contributed by atoms with E-state index in [4.69, 9.17) is 11.6 Å². The Morgan fingerprint density at radius 1 is 1.15 bits per heavy atom. The molecule has 1 saturated heterocycles. The minimum atomic E-state index is -0.834. The highest BCUT2D eigenvalue weighted by molar-refractivity contribution is 6.29. The molecule has 0 saturated carbocycles. The molecule has 0 bridgehead atoms. The second kappa shape index (κ2) is 8.57. The number of aliphatic hydroxyl groups is 1. The lowest BCUT2D eigenvalue weighted by Gasteiger charge is -2.36. The van der Waals surface area contributed by atoms with Crippen LogP contribution in [-0.2, 0) is 11.2 Å². The number of pyridine rings is 1. The van der Waals surface area contributed by atoms with Crippen LogP contribution in [0.4, 0.5) is 0 Å². The standard InChI is InChI=1S/C25H23ClN4O3/c1-15(31)29-9-8-21(22(32)13-29)30-14-28-24-19-5-3-2-4-18(19)17(11-20(24)25(30)33)10-16-6-7-23(26)27-12-16/h2-7,11-12,14,21-22,32H,8-10,13H2,1H3/t21-,22-/m0/s1. The summed E-state index contributed by atoms with van der Waals surface area (Å²) in [6.45, 7) is 2.19. The van der Waals surface area contributed by atoms with Crippen LogP contribution in [0.15, 0.2) is 59.8 Å². The molecule has 0 radical (unpaired) electrons. The van der Waals surface area contributed by atoms with E-state index in [0.717, 1.165) is 21.9 Å². The van der Waals surface area contributed by atoms with Crippen molar-refractivity contribution < 1.29 is 9.90 Å². The summed E-state index contributed by atoms with van der Waals surface area (Å²) >= 11 is 5.93.